The van der Waals surface area contributed by atoms with Crippen LogP contribution >= 0.6 is 11.8 Å². The summed E-state index contributed by atoms with van der Waals surface area (Å²) in [5, 5.41) is 2.12. The van der Waals surface area contributed by atoms with Crippen LogP contribution in [-0.2, 0) is 14.6 Å². The van der Waals surface area contributed by atoms with Crippen LogP contribution in [0.15, 0.2) is 24.3 Å². The van der Waals surface area contributed by atoms with Gasteiger partial charge in [0, 0.05) is 24.3 Å². The third kappa shape index (κ3) is 4.36. The molecular formula is C13H19N3O3S2. The number of hydrogen-bond acceptors (Lipinski definition) is 6. The molecular weight excluding hydrogens is 310 g/mol. The Labute approximate surface area is 129 Å². The summed E-state index contributed by atoms with van der Waals surface area (Å²) >= 11 is 1.59. The van der Waals surface area contributed by atoms with Crippen molar-refractivity contribution in [3.8, 4) is 0 Å². The van der Waals surface area contributed by atoms with Gasteiger partial charge in [-0.2, -0.15) is 11.8 Å². The highest BCUT2D eigenvalue weighted by atomic mass is 32.2. The monoisotopic (exact) mass is 329 g/mol. The number of carbonyl (C=O) groups is 1. The molecule has 116 valence electrons. The summed E-state index contributed by atoms with van der Waals surface area (Å²) in [6.45, 7) is 0.632. The number of thioether (sulfide) groups is 1. The summed E-state index contributed by atoms with van der Waals surface area (Å²) in [6.07, 6.45) is 1.21. The van der Waals surface area contributed by atoms with Crippen molar-refractivity contribution < 1.29 is 13.2 Å². The highest BCUT2D eigenvalue weighted by Gasteiger charge is 2.32. The molecule has 0 aromatic heterocycles. The van der Waals surface area contributed by atoms with Crippen molar-refractivity contribution in [2.24, 2.45) is 0 Å². The van der Waals surface area contributed by atoms with Gasteiger partial charge in [-0.15, -0.1) is 0 Å². The summed E-state index contributed by atoms with van der Waals surface area (Å²) in [7, 11) is -3.20. The maximum Gasteiger partial charge on any atom is 0.238 e. The van der Waals surface area contributed by atoms with Gasteiger partial charge in [-0.1, -0.05) is 12.1 Å². The van der Waals surface area contributed by atoms with Crippen molar-refractivity contribution in [3.05, 3.63) is 24.3 Å². The molecule has 1 aromatic carbocycles. The Balaban J connectivity index is 2.02. The molecule has 1 aliphatic rings. The van der Waals surface area contributed by atoms with Gasteiger partial charge in [-0.25, -0.2) is 8.42 Å². The largest absolute Gasteiger partial charge is 0.397 e. The predicted molar refractivity (Wildman–Crippen MR) is 87.0 cm³/mol. The van der Waals surface area contributed by atoms with Crippen molar-refractivity contribution >= 4 is 38.9 Å². The van der Waals surface area contributed by atoms with Gasteiger partial charge in [-0.3, -0.25) is 9.69 Å². The lowest BCUT2D eigenvalue weighted by Gasteiger charge is -2.33. The van der Waals surface area contributed by atoms with Crippen molar-refractivity contribution in [1.82, 2.24) is 4.90 Å². The molecule has 21 heavy (non-hydrogen) atoms. The van der Waals surface area contributed by atoms with Gasteiger partial charge in [0.25, 0.3) is 0 Å². The highest BCUT2D eigenvalue weighted by molar-refractivity contribution is 8.00. The van der Waals surface area contributed by atoms with Crippen molar-refractivity contribution in [2.75, 3.05) is 41.9 Å². The number of amides is 1. The second-order valence-electron chi connectivity index (χ2n) is 4.96. The molecule has 0 spiro atoms. The van der Waals surface area contributed by atoms with Crippen LogP contribution in [0.4, 0.5) is 11.4 Å². The first-order chi connectivity index (χ1) is 9.88. The summed E-state index contributed by atoms with van der Waals surface area (Å²) in [4.78, 5) is 13.8. The van der Waals surface area contributed by atoms with E-state index in [0.717, 1.165) is 5.75 Å². The van der Waals surface area contributed by atoms with Crippen molar-refractivity contribution in [3.63, 3.8) is 0 Å². The molecule has 1 heterocycles. The van der Waals surface area contributed by atoms with Crippen LogP contribution in [-0.4, -0.2) is 55.4 Å². The standard InChI is InChI=1S/C13H19N3O3S2/c1-21(18,19)13-9-20-7-6-16(13)8-12(17)15-11-5-3-2-4-10(11)14/h2-5,13H,6-9,14H2,1H3,(H,15,17). The van der Waals surface area contributed by atoms with Crippen LogP contribution in [0.25, 0.3) is 0 Å². The van der Waals surface area contributed by atoms with E-state index in [1.807, 2.05) is 0 Å². The lowest BCUT2D eigenvalue weighted by atomic mass is 10.2. The number of sulfone groups is 1. The number of rotatable bonds is 4. The molecule has 1 aliphatic heterocycles. The fraction of sp³-hybridized carbons (Fsp3) is 0.462. The average Bonchev–Trinajstić information content (AvgIpc) is 2.41. The first-order valence-electron chi connectivity index (χ1n) is 6.53. The molecule has 0 bridgehead atoms. The van der Waals surface area contributed by atoms with Gasteiger partial charge in [0.1, 0.15) is 5.37 Å². The molecule has 1 saturated heterocycles. The zero-order valence-corrected chi connectivity index (χ0v) is 13.4. The number of carbonyl (C=O) groups excluding carboxylic acids is 1. The maximum absolute atomic E-state index is 12.1. The van der Waals surface area contributed by atoms with Crippen LogP contribution in [0, 0.1) is 0 Å². The smallest absolute Gasteiger partial charge is 0.238 e. The number of hydrogen-bond donors (Lipinski definition) is 2. The Hall–Kier alpha value is -1.25. The first kappa shape index (κ1) is 16.1. The molecule has 0 saturated carbocycles. The van der Waals surface area contributed by atoms with Crippen LogP contribution < -0.4 is 11.1 Å². The summed E-state index contributed by atoms with van der Waals surface area (Å²) in [5.41, 5.74) is 6.80. The van der Waals surface area contributed by atoms with Gasteiger partial charge >= 0.3 is 0 Å². The van der Waals surface area contributed by atoms with Crippen molar-refractivity contribution in [1.29, 1.82) is 0 Å². The van der Waals surface area contributed by atoms with E-state index in [0.29, 0.717) is 23.7 Å². The number of nitrogen functional groups attached to an aromatic ring is 1. The van der Waals surface area contributed by atoms with Crippen LogP contribution in [0.3, 0.4) is 0 Å². The molecule has 3 N–H and O–H groups in total. The molecule has 1 atom stereocenters. The number of para-hydroxylation sites is 2. The Morgan fingerprint density at radius 1 is 1.48 bits per heavy atom. The predicted octanol–water partition coefficient (Wildman–Crippen LogP) is 0.627. The fourth-order valence-corrected chi connectivity index (χ4v) is 5.12. The zero-order valence-electron chi connectivity index (χ0n) is 11.8. The fourth-order valence-electron chi connectivity index (χ4n) is 2.18. The minimum atomic E-state index is -3.20. The van der Waals surface area contributed by atoms with Gasteiger partial charge in [0.2, 0.25) is 5.91 Å². The first-order valence-corrected chi connectivity index (χ1v) is 9.64. The molecule has 0 aliphatic carbocycles. The van der Waals surface area contributed by atoms with Crippen LogP contribution in [0.2, 0.25) is 0 Å². The van der Waals surface area contributed by atoms with Crippen molar-refractivity contribution in [2.45, 2.75) is 5.37 Å². The molecule has 0 radical (unpaired) electrons. The molecule has 1 unspecified atom stereocenters. The Morgan fingerprint density at radius 2 is 2.19 bits per heavy atom. The van der Waals surface area contributed by atoms with Crippen LogP contribution in [0.1, 0.15) is 0 Å². The lowest BCUT2D eigenvalue weighted by molar-refractivity contribution is -0.117. The van der Waals surface area contributed by atoms with E-state index in [1.54, 1.807) is 40.9 Å². The van der Waals surface area contributed by atoms with E-state index in [2.05, 4.69) is 5.32 Å². The van der Waals surface area contributed by atoms with E-state index in [-0.39, 0.29) is 12.5 Å². The molecule has 8 heteroatoms. The second-order valence-corrected chi connectivity index (χ2v) is 8.32. The van der Waals surface area contributed by atoms with E-state index in [9.17, 15) is 13.2 Å². The molecule has 2 rings (SSSR count). The second kappa shape index (κ2) is 6.67. The zero-order chi connectivity index (χ0) is 15.5. The third-order valence-corrected chi connectivity index (χ3v) is 5.95. The van der Waals surface area contributed by atoms with Gasteiger partial charge in [0.05, 0.1) is 17.9 Å². The van der Waals surface area contributed by atoms with E-state index >= 15 is 0 Å². The quantitative estimate of drug-likeness (QED) is 0.787. The number of nitrogens with one attached hydrogen (secondary N) is 1. The molecule has 1 aromatic rings. The Morgan fingerprint density at radius 3 is 2.86 bits per heavy atom. The Kier molecular flexibility index (Phi) is 5.13. The summed E-state index contributed by atoms with van der Waals surface area (Å²) in [5.74, 6) is 1.07. The third-order valence-electron chi connectivity index (χ3n) is 3.27. The topological polar surface area (TPSA) is 92.5 Å². The maximum atomic E-state index is 12.1. The van der Waals surface area contributed by atoms with Gasteiger partial charge < -0.3 is 11.1 Å². The molecule has 6 nitrogen and oxygen atoms in total. The Bertz CT molecular complexity index is 619. The average molecular weight is 329 g/mol. The summed E-state index contributed by atoms with van der Waals surface area (Å²) in [6, 6.07) is 6.98. The van der Waals surface area contributed by atoms with Gasteiger partial charge in [-0.05, 0) is 12.1 Å². The minimum Gasteiger partial charge on any atom is -0.397 e. The van der Waals surface area contributed by atoms with Crippen LogP contribution in [0.5, 0.6) is 0 Å². The summed E-state index contributed by atoms with van der Waals surface area (Å²) < 4.78 is 23.6. The molecule has 1 amide bonds. The highest BCUT2D eigenvalue weighted by Crippen LogP contribution is 2.21. The van der Waals surface area contributed by atoms with E-state index in [4.69, 9.17) is 5.73 Å². The number of anilines is 2. The molecule has 1 fully saturated rings. The minimum absolute atomic E-state index is 0.0482. The number of benzene rings is 1. The lowest BCUT2D eigenvalue weighted by Crippen LogP contribution is -2.49. The number of nitrogens with two attached hydrogens (primary N) is 1. The van der Waals surface area contributed by atoms with E-state index < -0.39 is 15.2 Å². The number of nitrogens with zero attached hydrogens (tertiary/aromatic N) is 1. The van der Waals surface area contributed by atoms with E-state index in [1.165, 1.54) is 6.26 Å². The normalized spacial score (nSPS) is 20.1. The van der Waals surface area contributed by atoms with Gasteiger partial charge in [0.15, 0.2) is 9.84 Å². The SMILES string of the molecule is CS(=O)(=O)C1CSCCN1CC(=O)Nc1ccccc1N.